The van der Waals surface area contributed by atoms with E-state index in [1.165, 1.54) is 29.5 Å². The van der Waals surface area contributed by atoms with Crippen LogP contribution in [0.4, 0.5) is 18.3 Å². The minimum absolute atomic E-state index is 0.0634. The highest BCUT2D eigenvalue weighted by molar-refractivity contribution is 7.17. The van der Waals surface area contributed by atoms with Gasteiger partial charge in [0.15, 0.2) is 5.13 Å². The van der Waals surface area contributed by atoms with Crippen molar-refractivity contribution in [3.8, 4) is 0 Å². The fourth-order valence-electron chi connectivity index (χ4n) is 4.05. The molecule has 2 heterocycles. The highest BCUT2D eigenvalue weighted by atomic mass is 35.5. The van der Waals surface area contributed by atoms with Crippen LogP contribution in [-0.2, 0) is 11.8 Å². The molecule has 30 heavy (non-hydrogen) atoms. The molecule has 2 aliphatic rings. The van der Waals surface area contributed by atoms with E-state index >= 15 is 0 Å². The molecule has 164 valence electrons. The summed E-state index contributed by atoms with van der Waals surface area (Å²) in [4.78, 5) is 11.7. The van der Waals surface area contributed by atoms with E-state index in [2.05, 4.69) is 9.98 Å². The third kappa shape index (κ3) is 4.21. The van der Waals surface area contributed by atoms with E-state index in [0.29, 0.717) is 5.13 Å². The van der Waals surface area contributed by atoms with Gasteiger partial charge in [-0.3, -0.25) is 4.99 Å². The normalized spacial score (nSPS) is 22.7. The van der Waals surface area contributed by atoms with Crippen LogP contribution in [0.2, 0.25) is 10.0 Å². The van der Waals surface area contributed by atoms with Gasteiger partial charge in [0.1, 0.15) is 5.41 Å². The maximum Gasteiger partial charge on any atom is 0.400 e. The third-order valence-corrected chi connectivity index (χ3v) is 7.19. The van der Waals surface area contributed by atoms with E-state index < -0.39 is 11.6 Å². The van der Waals surface area contributed by atoms with Gasteiger partial charge in [0.25, 0.3) is 0 Å². The van der Waals surface area contributed by atoms with Crippen molar-refractivity contribution in [1.29, 1.82) is 0 Å². The van der Waals surface area contributed by atoms with Crippen LogP contribution < -0.4 is 4.90 Å². The summed E-state index contributed by atoms with van der Waals surface area (Å²) in [6.45, 7) is 4.08. The lowest BCUT2D eigenvalue weighted by molar-refractivity contribution is -0.184. The smallest absolute Gasteiger partial charge is 0.347 e. The van der Waals surface area contributed by atoms with E-state index in [1.807, 2.05) is 13.8 Å². The van der Waals surface area contributed by atoms with Crippen LogP contribution in [-0.4, -0.2) is 37.0 Å². The number of nitrogens with zero attached hydrogens (tertiary/aromatic N) is 3. The molecule has 0 radical (unpaired) electrons. The van der Waals surface area contributed by atoms with Crippen LogP contribution in [0.5, 0.6) is 0 Å². The second-order valence-corrected chi connectivity index (χ2v) is 9.06. The summed E-state index contributed by atoms with van der Waals surface area (Å²) in [5.74, 6) is 0. The highest BCUT2D eigenvalue weighted by Crippen LogP contribution is 2.50. The molecule has 4 rings (SSSR count). The minimum Gasteiger partial charge on any atom is -0.347 e. The van der Waals surface area contributed by atoms with Gasteiger partial charge in [-0.25, -0.2) is 4.98 Å². The molecule has 1 saturated heterocycles. The zero-order chi connectivity index (χ0) is 22.1. The second kappa shape index (κ2) is 9.05. The molecule has 1 unspecified atom stereocenters. The van der Waals surface area contributed by atoms with Crippen LogP contribution in [0.3, 0.4) is 0 Å². The molecule has 9 heteroatoms. The average molecular weight is 478 g/mol. The number of halogens is 5. The monoisotopic (exact) mass is 477 g/mol. The van der Waals surface area contributed by atoms with E-state index in [1.54, 1.807) is 11.9 Å². The molecule has 1 aromatic carbocycles. The first-order valence-corrected chi connectivity index (χ1v) is 11.5. The Balaban J connectivity index is 0.00000124. The fraction of sp³-hybridized carbons (Fsp3) is 0.524. The summed E-state index contributed by atoms with van der Waals surface area (Å²) in [5, 5.41) is 1.04. The van der Waals surface area contributed by atoms with Crippen molar-refractivity contribution in [3.63, 3.8) is 0 Å². The molecule has 0 bridgehead atoms. The van der Waals surface area contributed by atoms with Gasteiger partial charge in [0, 0.05) is 30.2 Å². The summed E-state index contributed by atoms with van der Waals surface area (Å²) < 4.78 is 42.7. The number of anilines is 1. The lowest BCUT2D eigenvalue weighted by Gasteiger charge is -2.32. The Labute approximate surface area is 188 Å². The summed E-state index contributed by atoms with van der Waals surface area (Å²) >= 11 is 13.5. The Kier molecular flexibility index (Phi) is 7.04. The van der Waals surface area contributed by atoms with Crippen molar-refractivity contribution >= 4 is 45.4 Å². The number of thiazole rings is 1. The van der Waals surface area contributed by atoms with Gasteiger partial charge in [-0.1, -0.05) is 48.4 Å². The lowest BCUT2D eigenvalue weighted by Crippen LogP contribution is -2.44. The molecule has 0 spiro atoms. The number of alkyl halides is 3. The first kappa shape index (κ1) is 23.4. The van der Waals surface area contributed by atoms with E-state index in [0.717, 1.165) is 35.5 Å². The quantitative estimate of drug-likeness (QED) is 0.468. The number of hydrogen-bond donors (Lipinski definition) is 0. The lowest BCUT2D eigenvalue weighted by atomic mass is 9.79. The molecule has 3 nitrogen and oxygen atoms in total. The Morgan fingerprint density at radius 2 is 1.80 bits per heavy atom. The van der Waals surface area contributed by atoms with Gasteiger partial charge in [-0.2, -0.15) is 13.2 Å². The summed E-state index contributed by atoms with van der Waals surface area (Å²) in [6.07, 6.45) is -1.79. The molecule has 2 aromatic rings. The summed E-state index contributed by atoms with van der Waals surface area (Å²) in [7, 11) is 1.75. The number of benzene rings is 1. The van der Waals surface area contributed by atoms with Crippen LogP contribution in [0.15, 0.2) is 23.2 Å². The van der Waals surface area contributed by atoms with Crippen LogP contribution >= 0.6 is 34.5 Å². The van der Waals surface area contributed by atoms with Crippen molar-refractivity contribution in [2.24, 2.45) is 4.99 Å². The van der Waals surface area contributed by atoms with Gasteiger partial charge in [0.05, 0.1) is 16.3 Å². The molecule has 0 N–H and O–H groups in total. The summed E-state index contributed by atoms with van der Waals surface area (Å²) in [5.41, 5.74) is 0.0299. The van der Waals surface area contributed by atoms with E-state index in [-0.39, 0.29) is 35.1 Å². The fourth-order valence-corrected chi connectivity index (χ4v) is 5.78. The predicted molar refractivity (Wildman–Crippen MR) is 120 cm³/mol. The maximum absolute atomic E-state index is 14.2. The molecular weight excluding hydrogens is 454 g/mol. The van der Waals surface area contributed by atoms with Crippen LogP contribution in [0, 0.1) is 0 Å². The average Bonchev–Trinajstić information content (AvgIpc) is 3.33. The predicted octanol–water partition coefficient (Wildman–Crippen LogP) is 6.94. The van der Waals surface area contributed by atoms with Gasteiger partial charge in [-0.15, -0.1) is 0 Å². The van der Waals surface area contributed by atoms with Crippen molar-refractivity contribution in [1.82, 2.24) is 4.98 Å². The van der Waals surface area contributed by atoms with Crippen molar-refractivity contribution in [2.75, 3.05) is 25.0 Å². The number of fused-ring (bicyclic) bond motifs is 1. The number of aromatic nitrogens is 1. The van der Waals surface area contributed by atoms with Crippen molar-refractivity contribution in [3.05, 3.63) is 44.4 Å². The molecule has 0 amide bonds. The Bertz CT molecular complexity index is 922. The minimum atomic E-state index is -4.43. The molecule has 1 aliphatic carbocycles. The third-order valence-electron chi connectivity index (χ3n) is 5.54. The molecule has 0 saturated carbocycles. The van der Waals surface area contributed by atoms with Crippen LogP contribution in [0.25, 0.3) is 0 Å². The molecule has 1 fully saturated rings. The highest BCUT2D eigenvalue weighted by Gasteiger charge is 2.59. The molecular formula is C21H24Cl2F3N3S. The number of aryl methyl sites for hydroxylation is 1. The van der Waals surface area contributed by atoms with Crippen molar-refractivity contribution in [2.45, 2.75) is 51.1 Å². The van der Waals surface area contributed by atoms with Gasteiger partial charge >= 0.3 is 6.18 Å². The zero-order valence-electron chi connectivity index (χ0n) is 17.1. The zero-order valence-corrected chi connectivity index (χ0v) is 19.4. The van der Waals surface area contributed by atoms with Crippen LogP contribution in [0.1, 0.15) is 49.2 Å². The molecule has 1 atom stereocenters. The second-order valence-electron chi connectivity index (χ2n) is 7.21. The summed E-state index contributed by atoms with van der Waals surface area (Å²) in [6, 6.07) is 4.20. The van der Waals surface area contributed by atoms with Gasteiger partial charge < -0.3 is 4.90 Å². The Hall–Kier alpha value is -1.31. The number of hydrogen-bond acceptors (Lipinski definition) is 4. The maximum atomic E-state index is 14.2. The van der Waals surface area contributed by atoms with E-state index in [9.17, 15) is 13.2 Å². The SMILES string of the molecule is CC.CN=C1CCCc2nc(N3CCC(c4cc(Cl)cc(Cl)c4)(C(F)(F)F)C3)sc21. The standard InChI is InChI=1S/C19H18Cl2F3N3S.C2H6/c1-25-14-3-2-4-15-16(14)28-17(26-15)27-6-5-18(10-27,19(22,23)24)11-7-12(20)9-13(21)8-11;1-2/h7-9H,2-6,10H2,1H3;1-2H3. The number of aliphatic imine (C=N–C) groups is 1. The first-order valence-electron chi connectivity index (χ1n) is 9.97. The first-order chi connectivity index (χ1) is 14.2. The Morgan fingerprint density at radius 1 is 1.13 bits per heavy atom. The van der Waals surface area contributed by atoms with Gasteiger partial charge in [0.2, 0.25) is 0 Å². The molecule has 1 aliphatic heterocycles. The topological polar surface area (TPSA) is 28.5 Å². The number of rotatable bonds is 2. The molecule has 1 aromatic heterocycles. The van der Waals surface area contributed by atoms with Crippen molar-refractivity contribution < 1.29 is 13.2 Å². The van der Waals surface area contributed by atoms with E-state index in [4.69, 9.17) is 23.2 Å². The largest absolute Gasteiger partial charge is 0.400 e. The Morgan fingerprint density at radius 3 is 2.40 bits per heavy atom. The van der Waals surface area contributed by atoms with Gasteiger partial charge in [-0.05, 0) is 49.4 Å².